The van der Waals surface area contributed by atoms with E-state index in [9.17, 15) is 0 Å². The van der Waals surface area contributed by atoms with E-state index in [4.69, 9.17) is 4.74 Å². The van der Waals surface area contributed by atoms with E-state index in [1.54, 1.807) is 0 Å². The number of nitrogens with zero attached hydrogens (tertiary/aromatic N) is 2. The van der Waals surface area contributed by atoms with Gasteiger partial charge in [-0.3, -0.25) is 4.99 Å². The molecule has 0 aliphatic carbocycles. The van der Waals surface area contributed by atoms with Crippen molar-refractivity contribution in [1.29, 1.82) is 0 Å². The summed E-state index contributed by atoms with van der Waals surface area (Å²) in [6, 6.07) is 8.26. The van der Waals surface area contributed by atoms with Gasteiger partial charge in [-0.05, 0) is 18.1 Å². The molecule has 2 rings (SSSR count). The molecule has 0 spiro atoms. The molecule has 1 aromatic carbocycles. The predicted octanol–water partition coefficient (Wildman–Crippen LogP) is 2.92. The Morgan fingerprint density at radius 2 is 2.19 bits per heavy atom. The molecule has 0 saturated heterocycles. The van der Waals surface area contributed by atoms with Crippen LogP contribution < -0.4 is 10.1 Å². The van der Waals surface area contributed by atoms with E-state index < -0.39 is 0 Å². The Morgan fingerprint density at radius 3 is 2.86 bits per heavy atom. The fourth-order valence-electron chi connectivity index (χ4n) is 2.46. The minimum Gasteiger partial charge on any atom is -0.488 e. The Balaban J connectivity index is 0.00000220. The molecule has 118 valence electrons. The number of rotatable bonds is 5. The molecule has 1 atom stereocenters. The number of para-hydroxylation sites is 1. The van der Waals surface area contributed by atoms with Crippen molar-refractivity contribution in [3.63, 3.8) is 0 Å². The van der Waals surface area contributed by atoms with E-state index in [1.807, 2.05) is 19.2 Å². The molecule has 0 amide bonds. The lowest BCUT2D eigenvalue weighted by Crippen LogP contribution is -2.43. The molecule has 0 radical (unpaired) electrons. The molecule has 0 aromatic heterocycles. The molecule has 21 heavy (non-hydrogen) atoms. The SMILES string of the molecule is CCCCN(C)C(=NC)NCC1Cc2ccccc2O1.I. The maximum absolute atomic E-state index is 5.93. The van der Waals surface area contributed by atoms with E-state index in [2.05, 4.69) is 41.3 Å². The molecule has 1 aromatic rings. The lowest BCUT2D eigenvalue weighted by atomic mass is 10.1. The van der Waals surface area contributed by atoms with Gasteiger partial charge in [-0.2, -0.15) is 0 Å². The third-order valence-corrected chi connectivity index (χ3v) is 3.62. The van der Waals surface area contributed by atoms with Crippen molar-refractivity contribution in [3.8, 4) is 5.75 Å². The van der Waals surface area contributed by atoms with E-state index in [0.717, 1.165) is 31.2 Å². The van der Waals surface area contributed by atoms with Crippen LogP contribution in [-0.2, 0) is 6.42 Å². The number of hydrogen-bond donors (Lipinski definition) is 1. The molecule has 1 aliphatic heterocycles. The standard InChI is InChI=1S/C16H25N3O.HI/c1-4-5-10-19(3)16(17-2)18-12-14-11-13-8-6-7-9-15(13)20-14;/h6-9,14H,4-5,10-12H2,1-3H3,(H,17,18);1H. The molecule has 1 N–H and O–H groups in total. The molecule has 0 fully saturated rings. The first-order chi connectivity index (χ1) is 9.74. The quantitative estimate of drug-likeness (QED) is 0.467. The van der Waals surface area contributed by atoms with E-state index >= 15 is 0 Å². The fourth-order valence-corrected chi connectivity index (χ4v) is 2.46. The number of nitrogens with one attached hydrogen (secondary N) is 1. The van der Waals surface area contributed by atoms with Crippen molar-refractivity contribution >= 4 is 29.9 Å². The zero-order valence-electron chi connectivity index (χ0n) is 13.1. The first kappa shape index (κ1) is 18.1. The first-order valence-corrected chi connectivity index (χ1v) is 7.41. The topological polar surface area (TPSA) is 36.9 Å². The van der Waals surface area contributed by atoms with E-state index in [1.165, 1.54) is 18.4 Å². The third kappa shape index (κ3) is 5.05. The Kier molecular flexibility index (Phi) is 7.85. The minimum absolute atomic E-state index is 0. The Bertz CT molecular complexity index is 440. The van der Waals surface area contributed by atoms with Crippen LogP contribution in [0.15, 0.2) is 29.3 Å². The van der Waals surface area contributed by atoms with Crippen LogP contribution in [0.4, 0.5) is 0 Å². The van der Waals surface area contributed by atoms with Crippen molar-refractivity contribution in [1.82, 2.24) is 10.2 Å². The summed E-state index contributed by atoms with van der Waals surface area (Å²) in [6.45, 7) is 4.02. The number of hydrogen-bond acceptors (Lipinski definition) is 2. The lowest BCUT2D eigenvalue weighted by molar-refractivity contribution is 0.233. The lowest BCUT2D eigenvalue weighted by Gasteiger charge is -2.23. The molecule has 4 nitrogen and oxygen atoms in total. The Morgan fingerprint density at radius 1 is 1.43 bits per heavy atom. The van der Waals surface area contributed by atoms with Crippen LogP contribution in [0.25, 0.3) is 0 Å². The van der Waals surface area contributed by atoms with Gasteiger partial charge in [-0.15, -0.1) is 24.0 Å². The summed E-state index contributed by atoms with van der Waals surface area (Å²) in [5.74, 6) is 1.96. The summed E-state index contributed by atoms with van der Waals surface area (Å²) < 4.78 is 5.93. The molecule has 0 bridgehead atoms. The molecular formula is C16H26IN3O. The third-order valence-electron chi connectivity index (χ3n) is 3.62. The second-order valence-corrected chi connectivity index (χ2v) is 5.25. The molecule has 1 aliphatic rings. The van der Waals surface area contributed by atoms with E-state index in [-0.39, 0.29) is 30.1 Å². The smallest absolute Gasteiger partial charge is 0.193 e. The van der Waals surface area contributed by atoms with Gasteiger partial charge in [0, 0.05) is 27.1 Å². The molecule has 1 heterocycles. The van der Waals surface area contributed by atoms with Crippen molar-refractivity contribution in [2.45, 2.75) is 32.3 Å². The van der Waals surface area contributed by atoms with Gasteiger partial charge in [0.1, 0.15) is 11.9 Å². The average molecular weight is 403 g/mol. The van der Waals surface area contributed by atoms with Gasteiger partial charge in [0.05, 0.1) is 6.54 Å². The van der Waals surface area contributed by atoms with Crippen LogP contribution in [0, 0.1) is 0 Å². The average Bonchev–Trinajstić information content (AvgIpc) is 2.88. The van der Waals surface area contributed by atoms with Crippen molar-refractivity contribution in [2.75, 3.05) is 27.2 Å². The summed E-state index contributed by atoms with van der Waals surface area (Å²) in [5, 5.41) is 3.41. The number of unbranched alkanes of at least 4 members (excludes halogenated alkanes) is 1. The van der Waals surface area contributed by atoms with Crippen LogP contribution in [-0.4, -0.2) is 44.1 Å². The van der Waals surface area contributed by atoms with Gasteiger partial charge in [-0.25, -0.2) is 0 Å². The number of fused-ring (bicyclic) bond motifs is 1. The summed E-state index contributed by atoms with van der Waals surface area (Å²) in [5.41, 5.74) is 1.30. The van der Waals surface area contributed by atoms with Gasteiger partial charge in [0.25, 0.3) is 0 Å². The van der Waals surface area contributed by atoms with Crippen LogP contribution in [0.3, 0.4) is 0 Å². The predicted molar refractivity (Wildman–Crippen MR) is 98.9 cm³/mol. The van der Waals surface area contributed by atoms with Crippen molar-refractivity contribution < 1.29 is 4.74 Å². The maximum Gasteiger partial charge on any atom is 0.193 e. The Hall–Kier alpha value is -0.980. The fraction of sp³-hybridized carbons (Fsp3) is 0.562. The zero-order chi connectivity index (χ0) is 14.4. The molecule has 1 unspecified atom stereocenters. The molecule has 0 saturated carbocycles. The van der Waals surface area contributed by atoms with Crippen LogP contribution in [0.1, 0.15) is 25.3 Å². The highest BCUT2D eigenvalue weighted by atomic mass is 127. The van der Waals surface area contributed by atoms with Crippen molar-refractivity contribution in [2.24, 2.45) is 4.99 Å². The number of ether oxygens (including phenoxy) is 1. The summed E-state index contributed by atoms with van der Waals surface area (Å²) in [4.78, 5) is 6.50. The maximum atomic E-state index is 5.93. The van der Waals surface area contributed by atoms with Gasteiger partial charge in [0.2, 0.25) is 0 Å². The minimum atomic E-state index is 0. The van der Waals surface area contributed by atoms with Gasteiger partial charge in [-0.1, -0.05) is 31.5 Å². The summed E-state index contributed by atoms with van der Waals surface area (Å²) in [7, 11) is 3.91. The number of aliphatic imine (C=N–C) groups is 1. The molecule has 5 heteroatoms. The number of halogens is 1. The second kappa shape index (κ2) is 9.12. The van der Waals surface area contributed by atoms with Crippen LogP contribution in [0.2, 0.25) is 0 Å². The highest BCUT2D eigenvalue weighted by Crippen LogP contribution is 2.27. The van der Waals surface area contributed by atoms with E-state index in [0.29, 0.717) is 0 Å². The van der Waals surface area contributed by atoms with Gasteiger partial charge < -0.3 is 15.0 Å². The largest absolute Gasteiger partial charge is 0.488 e. The Labute approximate surface area is 145 Å². The number of benzene rings is 1. The van der Waals surface area contributed by atoms with Crippen molar-refractivity contribution in [3.05, 3.63) is 29.8 Å². The number of guanidine groups is 1. The van der Waals surface area contributed by atoms with Crippen LogP contribution in [0.5, 0.6) is 5.75 Å². The summed E-state index contributed by atoms with van der Waals surface area (Å²) in [6.07, 6.45) is 3.55. The van der Waals surface area contributed by atoms with Gasteiger partial charge >= 0.3 is 0 Å². The second-order valence-electron chi connectivity index (χ2n) is 5.25. The molecular weight excluding hydrogens is 377 g/mol. The van der Waals surface area contributed by atoms with Crippen LogP contribution >= 0.6 is 24.0 Å². The summed E-state index contributed by atoms with van der Waals surface area (Å²) >= 11 is 0. The normalized spacial score (nSPS) is 16.7. The highest BCUT2D eigenvalue weighted by Gasteiger charge is 2.22. The highest BCUT2D eigenvalue weighted by molar-refractivity contribution is 14.0. The first-order valence-electron chi connectivity index (χ1n) is 7.41. The van der Waals surface area contributed by atoms with Gasteiger partial charge in [0.15, 0.2) is 5.96 Å². The monoisotopic (exact) mass is 403 g/mol. The zero-order valence-corrected chi connectivity index (χ0v) is 15.5.